The van der Waals surface area contributed by atoms with E-state index >= 15 is 0 Å². The maximum absolute atomic E-state index is 6.55. The van der Waals surface area contributed by atoms with Crippen molar-refractivity contribution >= 4 is 5.69 Å². The quantitative estimate of drug-likeness (QED) is 0.873. The van der Waals surface area contributed by atoms with Gasteiger partial charge in [0.25, 0.3) is 0 Å². The van der Waals surface area contributed by atoms with Crippen LogP contribution in [0, 0.1) is 0 Å². The molecule has 0 bridgehead atoms. The van der Waals surface area contributed by atoms with Crippen LogP contribution in [-0.2, 0) is 5.54 Å². The standard InChI is InChI=1S/C15H17N3/c16-15(13-4-2-1-3-5-13)8-11-18(12-15)14-6-9-17-10-7-14/h1-7,9-10H,8,11-12,16H2/t15-/m1/s1. The second-order valence-corrected chi connectivity index (χ2v) is 4.90. The number of benzene rings is 1. The van der Waals surface area contributed by atoms with Gasteiger partial charge in [-0.05, 0) is 24.1 Å². The monoisotopic (exact) mass is 239 g/mol. The van der Waals surface area contributed by atoms with Crippen LogP contribution in [0.25, 0.3) is 0 Å². The van der Waals surface area contributed by atoms with E-state index < -0.39 is 0 Å². The Morgan fingerprint density at radius 1 is 1.06 bits per heavy atom. The lowest BCUT2D eigenvalue weighted by Crippen LogP contribution is -2.39. The Bertz CT molecular complexity index is 512. The molecule has 1 aliphatic heterocycles. The van der Waals surface area contributed by atoms with E-state index in [0.29, 0.717) is 0 Å². The van der Waals surface area contributed by atoms with E-state index in [1.54, 1.807) is 0 Å². The van der Waals surface area contributed by atoms with Crippen molar-refractivity contribution in [3.8, 4) is 0 Å². The van der Waals surface area contributed by atoms with E-state index in [1.807, 2.05) is 30.6 Å². The maximum atomic E-state index is 6.55. The van der Waals surface area contributed by atoms with Gasteiger partial charge in [-0.3, -0.25) is 4.98 Å². The number of hydrogen-bond donors (Lipinski definition) is 1. The summed E-state index contributed by atoms with van der Waals surface area (Å²) in [4.78, 5) is 6.38. The molecule has 2 N–H and O–H groups in total. The Balaban J connectivity index is 1.83. The van der Waals surface area contributed by atoms with Crippen LogP contribution in [0.2, 0.25) is 0 Å². The van der Waals surface area contributed by atoms with Crippen LogP contribution < -0.4 is 10.6 Å². The molecule has 3 nitrogen and oxygen atoms in total. The minimum absolute atomic E-state index is 0.232. The SMILES string of the molecule is N[C@]1(c2ccccc2)CCN(c2ccncc2)C1. The van der Waals surface area contributed by atoms with Gasteiger partial charge in [-0.15, -0.1) is 0 Å². The minimum Gasteiger partial charge on any atom is -0.369 e. The van der Waals surface area contributed by atoms with E-state index in [2.05, 4.69) is 34.1 Å². The topological polar surface area (TPSA) is 42.1 Å². The lowest BCUT2D eigenvalue weighted by molar-refractivity contribution is 0.499. The van der Waals surface area contributed by atoms with Crippen LogP contribution in [0.3, 0.4) is 0 Å². The largest absolute Gasteiger partial charge is 0.369 e. The highest BCUT2D eigenvalue weighted by Gasteiger charge is 2.35. The lowest BCUT2D eigenvalue weighted by Gasteiger charge is -2.26. The van der Waals surface area contributed by atoms with Crippen molar-refractivity contribution in [3.05, 3.63) is 60.4 Å². The summed E-state index contributed by atoms with van der Waals surface area (Å²) in [7, 11) is 0. The number of hydrogen-bond acceptors (Lipinski definition) is 3. The molecule has 3 rings (SSSR count). The third-order valence-corrected chi connectivity index (χ3v) is 3.68. The van der Waals surface area contributed by atoms with Crippen molar-refractivity contribution < 1.29 is 0 Å². The molecule has 1 atom stereocenters. The first kappa shape index (κ1) is 11.2. The van der Waals surface area contributed by atoms with E-state index in [-0.39, 0.29) is 5.54 Å². The summed E-state index contributed by atoms with van der Waals surface area (Å²) < 4.78 is 0. The molecule has 0 spiro atoms. The predicted molar refractivity (Wildman–Crippen MR) is 73.4 cm³/mol. The van der Waals surface area contributed by atoms with Gasteiger partial charge in [0.15, 0.2) is 0 Å². The molecule has 3 heteroatoms. The molecule has 18 heavy (non-hydrogen) atoms. The van der Waals surface area contributed by atoms with Crippen molar-refractivity contribution in [2.45, 2.75) is 12.0 Å². The molecule has 0 radical (unpaired) electrons. The van der Waals surface area contributed by atoms with Gasteiger partial charge < -0.3 is 10.6 Å². The summed E-state index contributed by atoms with van der Waals surface area (Å²) in [6.07, 6.45) is 4.64. The third kappa shape index (κ3) is 1.97. The van der Waals surface area contributed by atoms with Crippen LogP contribution in [0.15, 0.2) is 54.9 Å². The predicted octanol–water partition coefficient (Wildman–Crippen LogP) is 2.15. The summed E-state index contributed by atoms with van der Waals surface area (Å²) in [5, 5.41) is 0. The van der Waals surface area contributed by atoms with Gasteiger partial charge in [0.2, 0.25) is 0 Å². The normalized spacial score (nSPS) is 23.3. The Hall–Kier alpha value is -1.87. The second-order valence-electron chi connectivity index (χ2n) is 4.90. The van der Waals surface area contributed by atoms with E-state index in [0.717, 1.165) is 19.5 Å². The van der Waals surface area contributed by atoms with Crippen molar-refractivity contribution in [1.82, 2.24) is 4.98 Å². The van der Waals surface area contributed by atoms with Crippen molar-refractivity contribution in [2.24, 2.45) is 5.73 Å². The Labute approximate surface area is 107 Å². The molecule has 1 aromatic heterocycles. The van der Waals surface area contributed by atoms with Crippen LogP contribution in [-0.4, -0.2) is 18.1 Å². The van der Waals surface area contributed by atoms with Gasteiger partial charge in [0.05, 0.1) is 5.54 Å². The number of rotatable bonds is 2. The van der Waals surface area contributed by atoms with Crippen molar-refractivity contribution in [1.29, 1.82) is 0 Å². The zero-order valence-electron chi connectivity index (χ0n) is 10.3. The lowest BCUT2D eigenvalue weighted by atomic mass is 9.90. The molecule has 1 aromatic carbocycles. The zero-order valence-corrected chi connectivity index (χ0v) is 10.3. The number of pyridine rings is 1. The molecule has 0 aliphatic carbocycles. The smallest absolute Gasteiger partial charge is 0.0604 e. The molecule has 2 aromatic rings. The number of nitrogens with two attached hydrogens (primary N) is 1. The van der Waals surface area contributed by atoms with Crippen LogP contribution in [0.5, 0.6) is 0 Å². The molecular weight excluding hydrogens is 222 g/mol. The summed E-state index contributed by atoms with van der Waals surface area (Å²) in [6, 6.07) is 14.5. The summed E-state index contributed by atoms with van der Waals surface area (Å²) >= 11 is 0. The van der Waals surface area contributed by atoms with E-state index in [9.17, 15) is 0 Å². The highest BCUT2D eigenvalue weighted by atomic mass is 15.2. The van der Waals surface area contributed by atoms with Gasteiger partial charge in [0.1, 0.15) is 0 Å². The Morgan fingerprint density at radius 3 is 2.50 bits per heavy atom. The number of aromatic nitrogens is 1. The highest BCUT2D eigenvalue weighted by molar-refractivity contribution is 5.48. The first-order chi connectivity index (χ1) is 8.78. The molecule has 92 valence electrons. The Morgan fingerprint density at radius 2 is 1.78 bits per heavy atom. The minimum atomic E-state index is -0.232. The first-order valence-corrected chi connectivity index (χ1v) is 6.27. The maximum Gasteiger partial charge on any atom is 0.0604 e. The molecule has 0 unspecified atom stereocenters. The number of anilines is 1. The van der Waals surface area contributed by atoms with Gasteiger partial charge in [-0.1, -0.05) is 30.3 Å². The molecule has 0 saturated carbocycles. The van der Waals surface area contributed by atoms with Crippen molar-refractivity contribution in [3.63, 3.8) is 0 Å². The van der Waals surface area contributed by atoms with Gasteiger partial charge in [0, 0.05) is 31.2 Å². The first-order valence-electron chi connectivity index (χ1n) is 6.27. The molecule has 1 aliphatic rings. The van der Waals surface area contributed by atoms with Crippen LogP contribution in [0.1, 0.15) is 12.0 Å². The average molecular weight is 239 g/mol. The van der Waals surface area contributed by atoms with Gasteiger partial charge in [-0.25, -0.2) is 0 Å². The highest BCUT2D eigenvalue weighted by Crippen LogP contribution is 2.32. The second kappa shape index (κ2) is 4.42. The fourth-order valence-electron chi connectivity index (χ4n) is 2.61. The van der Waals surface area contributed by atoms with E-state index in [4.69, 9.17) is 5.73 Å². The zero-order chi connectivity index (χ0) is 12.4. The van der Waals surface area contributed by atoms with Gasteiger partial charge >= 0.3 is 0 Å². The molecule has 1 fully saturated rings. The number of nitrogens with zero attached hydrogens (tertiary/aromatic N) is 2. The van der Waals surface area contributed by atoms with Crippen LogP contribution >= 0.6 is 0 Å². The summed E-state index contributed by atoms with van der Waals surface area (Å²) in [5.74, 6) is 0. The van der Waals surface area contributed by atoms with E-state index in [1.165, 1.54) is 11.3 Å². The third-order valence-electron chi connectivity index (χ3n) is 3.68. The van der Waals surface area contributed by atoms with Crippen molar-refractivity contribution in [2.75, 3.05) is 18.0 Å². The van der Waals surface area contributed by atoms with Gasteiger partial charge in [-0.2, -0.15) is 0 Å². The fourth-order valence-corrected chi connectivity index (χ4v) is 2.61. The summed E-state index contributed by atoms with van der Waals surface area (Å²) in [6.45, 7) is 1.86. The average Bonchev–Trinajstić information content (AvgIpc) is 2.85. The Kier molecular flexibility index (Phi) is 2.76. The summed E-state index contributed by atoms with van der Waals surface area (Å²) in [5.41, 5.74) is 8.74. The fraction of sp³-hybridized carbons (Fsp3) is 0.267. The van der Waals surface area contributed by atoms with Crippen LogP contribution in [0.4, 0.5) is 5.69 Å². The molecular formula is C15H17N3. The molecule has 2 heterocycles. The molecule has 1 saturated heterocycles. The molecule has 0 amide bonds.